The highest BCUT2D eigenvalue weighted by molar-refractivity contribution is 7.91. The van der Waals surface area contributed by atoms with Crippen molar-refractivity contribution in [1.82, 2.24) is 0 Å². The molecular weight excluding hydrogens is 422 g/mol. The molecule has 0 spiro atoms. The number of azo groups is 1. The summed E-state index contributed by atoms with van der Waals surface area (Å²) in [6.07, 6.45) is 0. The summed E-state index contributed by atoms with van der Waals surface area (Å²) < 4.78 is 53.2. The molecule has 1 aliphatic rings. The van der Waals surface area contributed by atoms with Crippen molar-refractivity contribution in [2.24, 2.45) is 15.4 Å². The molecule has 0 amide bonds. The maximum absolute atomic E-state index is 12.5. The molecule has 0 unspecified atom stereocenters. The van der Waals surface area contributed by atoms with Crippen LogP contribution in [0.2, 0.25) is 0 Å². The van der Waals surface area contributed by atoms with Gasteiger partial charge in [-0.25, -0.2) is 22.0 Å². The van der Waals surface area contributed by atoms with Crippen molar-refractivity contribution in [3.8, 4) is 17.2 Å². The van der Waals surface area contributed by atoms with E-state index in [0.29, 0.717) is 10.8 Å². The number of hydrogen-bond acceptors (Lipinski definition) is 9. The first-order valence-corrected chi connectivity index (χ1v) is 11.2. The van der Waals surface area contributed by atoms with Crippen LogP contribution in [0.4, 0.5) is 11.4 Å². The number of hydrogen-bond donors (Lipinski definition) is 3. The molecule has 10 nitrogen and oxygen atoms in total. The molecule has 150 valence electrons. The van der Waals surface area contributed by atoms with Gasteiger partial charge in [-0.2, -0.15) is 0 Å². The lowest BCUT2D eigenvalue weighted by atomic mass is 10.1. The minimum absolute atomic E-state index is 0.0369. The molecule has 3 aromatic rings. The lowest BCUT2D eigenvalue weighted by Gasteiger charge is -2.09. The minimum atomic E-state index is -4.07. The van der Waals surface area contributed by atoms with Gasteiger partial charge in [0, 0.05) is 10.8 Å². The smallest absolute Gasteiger partial charge is 0.238 e. The highest BCUT2D eigenvalue weighted by atomic mass is 32.2. The topological polar surface area (TPSA) is 169 Å². The third-order valence-electron chi connectivity index (χ3n) is 4.27. The lowest BCUT2D eigenvalue weighted by molar-refractivity contribution is 0.393. The maximum Gasteiger partial charge on any atom is 0.238 e. The van der Waals surface area contributed by atoms with Gasteiger partial charge in [-0.3, -0.25) is 0 Å². The summed E-state index contributed by atoms with van der Waals surface area (Å²) >= 11 is 0. The Hall–Kier alpha value is -3.22. The van der Waals surface area contributed by atoms with Crippen LogP contribution in [0.25, 0.3) is 10.8 Å². The van der Waals surface area contributed by atoms with Gasteiger partial charge >= 0.3 is 0 Å². The highest BCUT2D eigenvalue weighted by Crippen LogP contribution is 2.51. The number of rotatable bonds is 3. The fourth-order valence-corrected chi connectivity index (χ4v) is 4.74. The third-order valence-corrected chi connectivity index (χ3v) is 6.61. The molecule has 0 saturated heterocycles. The summed E-state index contributed by atoms with van der Waals surface area (Å²) in [5.74, 6) is -1.45. The number of nitrogens with two attached hydrogens (primary N) is 1. The molecule has 0 fully saturated rings. The number of sulfonamides is 1. The average molecular weight is 435 g/mol. The van der Waals surface area contributed by atoms with Crippen molar-refractivity contribution < 1.29 is 31.8 Å². The summed E-state index contributed by atoms with van der Waals surface area (Å²) in [5.41, 5.74) is -0.661. The van der Waals surface area contributed by atoms with Gasteiger partial charge < -0.3 is 14.9 Å². The van der Waals surface area contributed by atoms with Crippen molar-refractivity contribution in [2.75, 3.05) is 5.94 Å². The minimum Gasteiger partial charge on any atom is -0.506 e. The second kappa shape index (κ2) is 6.40. The summed E-state index contributed by atoms with van der Waals surface area (Å²) in [5, 5.41) is 33.8. The summed E-state index contributed by atoms with van der Waals surface area (Å²) in [6.45, 7) is 0. The second-order valence-electron chi connectivity index (χ2n) is 6.17. The number of aromatic hydroxyl groups is 2. The van der Waals surface area contributed by atoms with Crippen molar-refractivity contribution in [1.29, 1.82) is 0 Å². The number of sulfone groups is 1. The van der Waals surface area contributed by atoms with Gasteiger partial charge in [-0.1, -0.05) is 24.3 Å². The van der Waals surface area contributed by atoms with Crippen molar-refractivity contribution in [3.63, 3.8) is 0 Å². The van der Waals surface area contributed by atoms with Crippen LogP contribution in [0.15, 0.2) is 62.5 Å². The predicted molar refractivity (Wildman–Crippen MR) is 102 cm³/mol. The standard InChI is InChI=1S/C17H13N3O7S2/c18-29(25,26)9-5-6-13(21)12(7-9)19-20-14-15(22)10-3-1-2-4-11(10)16-17(14)28(23,24)8-27-16/h1-7,21-22H,8H2,(H2,18,25,26). The zero-order valence-electron chi connectivity index (χ0n) is 14.5. The van der Waals surface area contributed by atoms with Gasteiger partial charge in [0.2, 0.25) is 19.9 Å². The van der Waals surface area contributed by atoms with E-state index in [1.807, 2.05) is 0 Å². The van der Waals surface area contributed by atoms with E-state index in [-0.39, 0.29) is 26.9 Å². The number of phenols is 2. The van der Waals surface area contributed by atoms with E-state index in [0.717, 1.165) is 18.2 Å². The number of phenolic OH excluding ortho intramolecular Hbond substituents is 2. The summed E-state index contributed by atoms with van der Waals surface area (Å²) in [7, 11) is -7.98. The number of primary sulfonamides is 1. The normalized spacial score (nSPS) is 15.5. The maximum atomic E-state index is 12.5. The Balaban J connectivity index is 1.96. The molecule has 0 aromatic heterocycles. The Morgan fingerprint density at radius 2 is 1.72 bits per heavy atom. The third kappa shape index (κ3) is 3.16. The van der Waals surface area contributed by atoms with Crippen LogP contribution in [-0.4, -0.2) is 33.0 Å². The van der Waals surface area contributed by atoms with Crippen LogP contribution in [-0.2, 0) is 19.9 Å². The molecule has 0 atom stereocenters. The van der Waals surface area contributed by atoms with Crippen LogP contribution in [0.3, 0.4) is 0 Å². The first-order chi connectivity index (χ1) is 13.6. The van der Waals surface area contributed by atoms with Crippen molar-refractivity contribution in [2.45, 2.75) is 9.79 Å². The van der Waals surface area contributed by atoms with E-state index >= 15 is 0 Å². The molecule has 4 rings (SSSR count). The van der Waals surface area contributed by atoms with E-state index in [2.05, 4.69) is 10.2 Å². The number of fused-ring (bicyclic) bond motifs is 3. The monoisotopic (exact) mass is 435 g/mol. The zero-order chi connectivity index (χ0) is 21.0. The quantitative estimate of drug-likeness (QED) is 0.531. The van der Waals surface area contributed by atoms with Gasteiger partial charge in [0.15, 0.2) is 17.4 Å². The molecule has 0 bridgehead atoms. The van der Waals surface area contributed by atoms with Crippen molar-refractivity contribution in [3.05, 3.63) is 42.5 Å². The molecule has 0 aliphatic carbocycles. The van der Waals surface area contributed by atoms with Gasteiger partial charge in [-0.15, -0.1) is 10.2 Å². The predicted octanol–water partition coefficient (Wildman–Crippen LogP) is 2.44. The SMILES string of the molecule is NS(=O)(=O)c1ccc(O)c(N=Nc2c3c(c4ccccc4c2O)OCS3(=O)=O)c1. The van der Waals surface area contributed by atoms with Crippen molar-refractivity contribution >= 4 is 42.0 Å². The van der Waals surface area contributed by atoms with E-state index in [4.69, 9.17) is 9.88 Å². The van der Waals surface area contributed by atoms with E-state index in [9.17, 15) is 27.0 Å². The Morgan fingerprint density at radius 1 is 1.03 bits per heavy atom. The Labute approximate surface area is 164 Å². The first kappa shape index (κ1) is 19.1. The van der Waals surface area contributed by atoms with Crippen LogP contribution in [0.1, 0.15) is 0 Å². The summed E-state index contributed by atoms with van der Waals surface area (Å²) in [4.78, 5) is -0.660. The zero-order valence-corrected chi connectivity index (χ0v) is 16.1. The van der Waals surface area contributed by atoms with E-state index in [1.165, 1.54) is 0 Å². The highest BCUT2D eigenvalue weighted by Gasteiger charge is 2.36. The molecule has 12 heteroatoms. The Morgan fingerprint density at radius 3 is 2.41 bits per heavy atom. The molecular formula is C17H13N3O7S2. The number of benzene rings is 3. The average Bonchev–Trinajstić information content (AvgIpc) is 2.97. The Bertz CT molecular complexity index is 1410. The number of nitrogens with zero attached hydrogens (tertiary/aromatic N) is 2. The first-order valence-electron chi connectivity index (χ1n) is 8.00. The van der Waals surface area contributed by atoms with Gasteiger partial charge in [0.25, 0.3) is 0 Å². The Kier molecular flexibility index (Phi) is 4.22. The summed E-state index contributed by atoms with van der Waals surface area (Å²) in [6, 6.07) is 9.55. The molecule has 0 radical (unpaired) electrons. The van der Waals surface area contributed by atoms with Crippen LogP contribution >= 0.6 is 0 Å². The largest absolute Gasteiger partial charge is 0.506 e. The molecule has 1 heterocycles. The van der Waals surface area contributed by atoms with Crippen LogP contribution < -0.4 is 9.88 Å². The second-order valence-corrected chi connectivity index (χ2v) is 9.61. The molecule has 1 aliphatic heterocycles. The van der Waals surface area contributed by atoms with Gasteiger partial charge in [0.1, 0.15) is 22.1 Å². The fraction of sp³-hybridized carbons (Fsp3) is 0.0588. The molecule has 0 saturated carbocycles. The lowest BCUT2D eigenvalue weighted by Crippen LogP contribution is -2.11. The van der Waals surface area contributed by atoms with Crippen LogP contribution in [0.5, 0.6) is 17.2 Å². The molecule has 3 aromatic carbocycles. The number of ether oxygens (including phenoxy) is 1. The molecule has 29 heavy (non-hydrogen) atoms. The van der Waals surface area contributed by atoms with Gasteiger partial charge in [-0.05, 0) is 18.2 Å². The fourth-order valence-electron chi connectivity index (χ4n) is 2.94. The van der Waals surface area contributed by atoms with E-state index < -0.39 is 37.3 Å². The van der Waals surface area contributed by atoms with Crippen LogP contribution in [0, 0.1) is 0 Å². The van der Waals surface area contributed by atoms with E-state index in [1.54, 1.807) is 24.3 Å². The molecule has 4 N–H and O–H groups in total. The van der Waals surface area contributed by atoms with Gasteiger partial charge in [0.05, 0.1) is 4.90 Å².